The zero-order valence-electron chi connectivity index (χ0n) is 10.6. The molecule has 0 radical (unpaired) electrons. The van der Waals surface area contributed by atoms with Crippen LogP contribution in [0.5, 0.6) is 0 Å². The largest absolute Gasteiger partial charge is 0.433 e. The Morgan fingerprint density at radius 2 is 1.35 bits per heavy atom. The molecule has 10 heteroatoms. The number of alkyl halides is 3. The summed E-state index contributed by atoms with van der Waals surface area (Å²) in [6, 6.07) is 1.67. The Labute approximate surface area is 153 Å². The number of pyridine rings is 1. The predicted molar refractivity (Wildman–Crippen MR) is 85.1 cm³/mol. The fourth-order valence-corrected chi connectivity index (χ4v) is 3.05. The van der Waals surface area contributed by atoms with Gasteiger partial charge in [-0.2, -0.15) is 13.2 Å². The highest BCUT2D eigenvalue weighted by molar-refractivity contribution is 6.56. The van der Waals surface area contributed by atoms with Gasteiger partial charge in [0.15, 0.2) is 0 Å². The van der Waals surface area contributed by atoms with Crippen molar-refractivity contribution < 1.29 is 18.0 Å². The number of carbonyl (C=O) groups is 1. The predicted octanol–water partition coefficient (Wildman–Crippen LogP) is 6.85. The lowest BCUT2D eigenvalue weighted by molar-refractivity contribution is -0.141. The van der Waals surface area contributed by atoms with E-state index in [1.807, 2.05) is 0 Å². The SMILES string of the molecule is O=Cc1cc(-c2c(Cl)c(Cl)c(Cl)c(Cl)c2Cl)nc(C(F)(F)F)c1. The number of aldehydes is 1. The number of hydrogen-bond acceptors (Lipinski definition) is 2. The van der Waals surface area contributed by atoms with Crippen LogP contribution in [0.1, 0.15) is 16.1 Å². The third kappa shape index (κ3) is 3.54. The molecule has 122 valence electrons. The Bertz CT molecular complexity index is 778. The third-order valence-corrected chi connectivity index (χ3v) is 5.02. The molecule has 0 amide bonds. The van der Waals surface area contributed by atoms with Crippen molar-refractivity contribution in [1.82, 2.24) is 4.98 Å². The summed E-state index contributed by atoms with van der Waals surface area (Å²) < 4.78 is 38.7. The number of rotatable bonds is 2. The molecule has 0 aliphatic rings. The van der Waals surface area contributed by atoms with Crippen LogP contribution in [0.25, 0.3) is 11.3 Å². The molecule has 0 N–H and O–H groups in total. The summed E-state index contributed by atoms with van der Waals surface area (Å²) in [5, 5.41) is -0.978. The summed E-state index contributed by atoms with van der Waals surface area (Å²) in [4.78, 5) is 14.3. The lowest BCUT2D eigenvalue weighted by Gasteiger charge is -2.14. The van der Waals surface area contributed by atoms with Crippen molar-refractivity contribution in [2.45, 2.75) is 6.18 Å². The van der Waals surface area contributed by atoms with Crippen molar-refractivity contribution in [3.8, 4) is 11.3 Å². The highest BCUT2D eigenvalue weighted by Crippen LogP contribution is 2.48. The summed E-state index contributed by atoms with van der Waals surface area (Å²) in [5.74, 6) is 0. The summed E-state index contributed by atoms with van der Waals surface area (Å²) in [7, 11) is 0. The second kappa shape index (κ2) is 6.65. The number of nitrogens with zero attached hydrogens (tertiary/aromatic N) is 1. The van der Waals surface area contributed by atoms with Gasteiger partial charge in [-0.15, -0.1) is 0 Å². The van der Waals surface area contributed by atoms with Gasteiger partial charge in [-0.1, -0.05) is 58.0 Å². The minimum absolute atomic E-state index is 0.144. The maximum atomic E-state index is 12.9. The topological polar surface area (TPSA) is 30.0 Å². The number of halogens is 8. The van der Waals surface area contributed by atoms with Crippen LogP contribution < -0.4 is 0 Å². The van der Waals surface area contributed by atoms with Crippen molar-refractivity contribution in [2.75, 3.05) is 0 Å². The van der Waals surface area contributed by atoms with E-state index in [1.165, 1.54) is 0 Å². The van der Waals surface area contributed by atoms with Crippen LogP contribution in [-0.2, 0) is 6.18 Å². The Morgan fingerprint density at radius 1 is 0.870 bits per heavy atom. The van der Waals surface area contributed by atoms with Crippen molar-refractivity contribution >= 4 is 64.3 Å². The Hall–Kier alpha value is -0.720. The smallest absolute Gasteiger partial charge is 0.298 e. The molecule has 0 atom stereocenters. The molecule has 0 aliphatic carbocycles. The maximum absolute atomic E-state index is 12.9. The van der Waals surface area contributed by atoms with Gasteiger partial charge in [0.05, 0.1) is 30.8 Å². The van der Waals surface area contributed by atoms with Crippen LogP contribution in [-0.4, -0.2) is 11.3 Å². The first-order valence-electron chi connectivity index (χ1n) is 5.64. The Balaban J connectivity index is 2.85. The fraction of sp³-hybridized carbons (Fsp3) is 0.0769. The van der Waals surface area contributed by atoms with Crippen LogP contribution >= 0.6 is 58.0 Å². The van der Waals surface area contributed by atoms with Crippen molar-refractivity contribution in [1.29, 1.82) is 0 Å². The standard InChI is InChI=1S/C13H3Cl5F3NO/c14-8-7(9(15)11(17)12(18)10(8)16)5-1-4(3-23)2-6(22-5)13(19,20)21/h1-3H. The average molecular weight is 423 g/mol. The van der Waals surface area contributed by atoms with Crippen LogP contribution in [0.15, 0.2) is 12.1 Å². The molecule has 2 nitrogen and oxygen atoms in total. The van der Waals surface area contributed by atoms with Gasteiger partial charge >= 0.3 is 6.18 Å². The molecule has 0 bridgehead atoms. The van der Waals surface area contributed by atoms with Crippen LogP contribution in [0.3, 0.4) is 0 Å². The van der Waals surface area contributed by atoms with E-state index in [2.05, 4.69) is 4.98 Å². The molecule has 0 fully saturated rings. The van der Waals surface area contributed by atoms with Gasteiger partial charge in [0.2, 0.25) is 0 Å². The molecule has 2 rings (SSSR count). The van der Waals surface area contributed by atoms with Gasteiger partial charge in [-0.3, -0.25) is 4.79 Å². The summed E-state index contributed by atoms with van der Waals surface area (Å²) >= 11 is 29.6. The Morgan fingerprint density at radius 3 is 1.78 bits per heavy atom. The van der Waals surface area contributed by atoms with Gasteiger partial charge in [-0.25, -0.2) is 4.98 Å². The lowest BCUT2D eigenvalue weighted by Crippen LogP contribution is -2.09. The van der Waals surface area contributed by atoms with E-state index in [9.17, 15) is 18.0 Å². The molecule has 2 aromatic rings. The number of carbonyl (C=O) groups excluding carboxylic acids is 1. The summed E-state index contributed by atoms with van der Waals surface area (Å²) in [5.41, 5.74) is -2.01. The summed E-state index contributed by atoms with van der Waals surface area (Å²) in [6.45, 7) is 0. The highest BCUT2D eigenvalue weighted by Gasteiger charge is 2.34. The zero-order chi connectivity index (χ0) is 17.5. The first kappa shape index (κ1) is 18.6. The molecule has 1 aromatic carbocycles. The van der Waals surface area contributed by atoms with Crippen molar-refractivity contribution in [3.63, 3.8) is 0 Å². The van der Waals surface area contributed by atoms with Gasteiger partial charge in [0, 0.05) is 11.1 Å². The maximum Gasteiger partial charge on any atom is 0.433 e. The fourth-order valence-electron chi connectivity index (χ4n) is 1.72. The highest BCUT2D eigenvalue weighted by atomic mass is 35.5. The minimum atomic E-state index is -4.77. The molecule has 23 heavy (non-hydrogen) atoms. The van der Waals surface area contributed by atoms with E-state index >= 15 is 0 Å². The van der Waals surface area contributed by atoms with Gasteiger partial charge in [-0.05, 0) is 12.1 Å². The van der Waals surface area contributed by atoms with Crippen molar-refractivity contribution in [2.24, 2.45) is 0 Å². The van der Waals surface area contributed by atoms with Gasteiger partial charge < -0.3 is 0 Å². The number of benzene rings is 1. The van der Waals surface area contributed by atoms with Gasteiger partial charge in [0.1, 0.15) is 12.0 Å². The number of aromatic nitrogens is 1. The second-order valence-electron chi connectivity index (χ2n) is 4.23. The van der Waals surface area contributed by atoms with E-state index < -0.39 is 11.9 Å². The van der Waals surface area contributed by atoms with Crippen LogP contribution in [0, 0.1) is 0 Å². The van der Waals surface area contributed by atoms with Crippen LogP contribution in [0.4, 0.5) is 13.2 Å². The van der Waals surface area contributed by atoms with Crippen LogP contribution in [0.2, 0.25) is 25.1 Å². The summed E-state index contributed by atoms with van der Waals surface area (Å²) in [6.07, 6.45) is -4.53. The molecular formula is C13H3Cl5F3NO. The monoisotopic (exact) mass is 421 g/mol. The van der Waals surface area contributed by atoms with E-state index in [0.717, 1.165) is 6.07 Å². The van der Waals surface area contributed by atoms with E-state index in [1.54, 1.807) is 0 Å². The molecule has 0 unspecified atom stereocenters. The zero-order valence-corrected chi connectivity index (χ0v) is 14.4. The average Bonchev–Trinajstić information content (AvgIpc) is 2.50. The lowest BCUT2D eigenvalue weighted by atomic mass is 10.1. The van der Waals surface area contributed by atoms with Crippen molar-refractivity contribution in [3.05, 3.63) is 48.5 Å². The molecule has 1 heterocycles. The first-order chi connectivity index (χ1) is 10.6. The third-order valence-electron chi connectivity index (χ3n) is 2.74. The number of hydrogen-bond donors (Lipinski definition) is 0. The molecule has 0 saturated heterocycles. The molecule has 0 spiro atoms. The minimum Gasteiger partial charge on any atom is -0.298 e. The van der Waals surface area contributed by atoms with E-state index in [-0.39, 0.29) is 48.2 Å². The first-order valence-corrected chi connectivity index (χ1v) is 7.53. The van der Waals surface area contributed by atoms with E-state index in [4.69, 9.17) is 58.0 Å². The normalized spacial score (nSPS) is 11.7. The van der Waals surface area contributed by atoms with E-state index in [0.29, 0.717) is 6.07 Å². The Kier molecular flexibility index (Phi) is 5.38. The molecule has 1 aromatic heterocycles. The molecule has 0 saturated carbocycles. The molecular weight excluding hydrogens is 420 g/mol. The van der Waals surface area contributed by atoms with Gasteiger partial charge in [0.25, 0.3) is 0 Å². The quantitative estimate of drug-likeness (QED) is 0.300. The second-order valence-corrected chi connectivity index (χ2v) is 6.12. The molecule has 0 aliphatic heterocycles.